The predicted molar refractivity (Wildman–Crippen MR) is 71.9 cm³/mol. The van der Waals surface area contributed by atoms with Gasteiger partial charge in [-0.25, -0.2) is 4.98 Å². The smallest absolute Gasteiger partial charge is 0.255 e. The van der Waals surface area contributed by atoms with E-state index in [1.165, 1.54) is 7.11 Å². The van der Waals surface area contributed by atoms with E-state index in [2.05, 4.69) is 15.3 Å². The van der Waals surface area contributed by atoms with Crippen LogP contribution in [0.25, 0.3) is 0 Å². The molecule has 1 aromatic carbocycles. The Hall–Kier alpha value is -2.50. The minimum Gasteiger partial charge on any atom is -0.496 e. The number of nitrogens with two attached hydrogens (primary N) is 1. The van der Waals surface area contributed by atoms with Crippen molar-refractivity contribution in [3.8, 4) is 5.75 Å². The molecule has 1 aromatic heterocycles. The van der Waals surface area contributed by atoms with Gasteiger partial charge >= 0.3 is 0 Å². The number of benzene rings is 1. The van der Waals surface area contributed by atoms with Crippen molar-refractivity contribution in [1.82, 2.24) is 15.3 Å². The van der Waals surface area contributed by atoms with E-state index in [1.54, 1.807) is 30.6 Å². The number of ether oxygens (including phenoxy) is 1. The molecule has 19 heavy (non-hydrogen) atoms. The fourth-order valence-electron chi connectivity index (χ4n) is 1.76. The van der Waals surface area contributed by atoms with Gasteiger partial charge in [0.15, 0.2) is 0 Å². The van der Waals surface area contributed by atoms with E-state index < -0.39 is 0 Å². The number of hydrogen-bond acceptors (Lipinski definition) is 4. The molecule has 1 unspecified atom stereocenters. The summed E-state index contributed by atoms with van der Waals surface area (Å²) in [7, 11) is 1.51. The number of nitrogen functional groups attached to an aromatic ring is 1. The number of aromatic nitrogens is 2. The van der Waals surface area contributed by atoms with E-state index in [1.807, 2.05) is 6.92 Å². The van der Waals surface area contributed by atoms with Gasteiger partial charge in [0.05, 0.1) is 18.7 Å². The van der Waals surface area contributed by atoms with Crippen LogP contribution in [0.15, 0.2) is 30.6 Å². The lowest BCUT2D eigenvalue weighted by atomic mass is 10.1. The van der Waals surface area contributed by atoms with Crippen molar-refractivity contribution >= 4 is 11.6 Å². The number of methoxy groups -OCH3 is 1. The number of hydrogen-bond donors (Lipinski definition) is 3. The molecule has 0 saturated carbocycles. The Balaban J connectivity index is 2.18. The van der Waals surface area contributed by atoms with Crippen LogP contribution >= 0.6 is 0 Å². The number of carbonyl (C=O) groups is 1. The fourth-order valence-corrected chi connectivity index (χ4v) is 1.76. The fraction of sp³-hybridized carbons (Fsp3) is 0.231. The topological polar surface area (TPSA) is 93.0 Å². The summed E-state index contributed by atoms with van der Waals surface area (Å²) in [5.74, 6) is 0.919. The van der Waals surface area contributed by atoms with Gasteiger partial charge in [0.1, 0.15) is 11.6 Å². The highest BCUT2D eigenvalue weighted by atomic mass is 16.5. The van der Waals surface area contributed by atoms with Crippen molar-refractivity contribution in [1.29, 1.82) is 0 Å². The van der Waals surface area contributed by atoms with Crippen LogP contribution in [0.2, 0.25) is 0 Å². The summed E-state index contributed by atoms with van der Waals surface area (Å²) in [6.07, 6.45) is 3.35. The second-order valence-corrected chi connectivity index (χ2v) is 4.13. The number of amides is 1. The Labute approximate surface area is 111 Å². The summed E-state index contributed by atoms with van der Waals surface area (Å²) in [4.78, 5) is 19.2. The van der Waals surface area contributed by atoms with Crippen LogP contribution in [0.4, 0.5) is 5.69 Å². The molecule has 0 fully saturated rings. The highest BCUT2D eigenvalue weighted by Gasteiger charge is 2.16. The zero-order valence-corrected chi connectivity index (χ0v) is 10.8. The summed E-state index contributed by atoms with van der Waals surface area (Å²) in [6, 6.07) is 4.71. The SMILES string of the molecule is COc1ccc(N)cc1C(=O)NC(C)c1ncc[nH]1. The van der Waals surface area contributed by atoms with E-state index in [-0.39, 0.29) is 11.9 Å². The van der Waals surface area contributed by atoms with Gasteiger partial charge in [0.25, 0.3) is 5.91 Å². The maximum Gasteiger partial charge on any atom is 0.255 e. The molecular formula is C13H16N4O2. The lowest BCUT2D eigenvalue weighted by Crippen LogP contribution is -2.27. The number of nitrogens with zero attached hydrogens (tertiary/aromatic N) is 1. The Morgan fingerprint density at radius 1 is 1.53 bits per heavy atom. The molecule has 0 aliphatic heterocycles. The summed E-state index contributed by atoms with van der Waals surface area (Å²) in [6.45, 7) is 1.84. The number of carbonyl (C=O) groups excluding carboxylic acids is 1. The van der Waals surface area contributed by atoms with Crippen molar-refractivity contribution in [3.63, 3.8) is 0 Å². The van der Waals surface area contributed by atoms with Gasteiger partial charge in [0.2, 0.25) is 0 Å². The molecule has 1 amide bonds. The van der Waals surface area contributed by atoms with E-state index in [0.717, 1.165) is 0 Å². The number of aromatic amines is 1. The van der Waals surface area contributed by atoms with Crippen LogP contribution in [0.3, 0.4) is 0 Å². The van der Waals surface area contributed by atoms with E-state index in [4.69, 9.17) is 10.5 Å². The summed E-state index contributed by atoms with van der Waals surface area (Å²) in [5.41, 5.74) is 6.61. The summed E-state index contributed by atoms with van der Waals surface area (Å²) in [5, 5.41) is 2.83. The Morgan fingerprint density at radius 2 is 2.32 bits per heavy atom. The largest absolute Gasteiger partial charge is 0.496 e. The number of nitrogens with one attached hydrogen (secondary N) is 2. The Kier molecular flexibility index (Phi) is 3.70. The third-order valence-corrected chi connectivity index (χ3v) is 2.75. The maximum atomic E-state index is 12.2. The van der Waals surface area contributed by atoms with E-state index in [0.29, 0.717) is 22.8 Å². The van der Waals surface area contributed by atoms with Crippen LogP contribution in [0, 0.1) is 0 Å². The lowest BCUT2D eigenvalue weighted by molar-refractivity contribution is 0.0935. The first-order valence-corrected chi connectivity index (χ1v) is 5.85. The first kappa shape index (κ1) is 12.9. The predicted octanol–water partition coefficient (Wildman–Crippen LogP) is 1.49. The third-order valence-electron chi connectivity index (χ3n) is 2.75. The number of rotatable bonds is 4. The standard InChI is InChI=1S/C13H16N4O2/c1-8(12-15-5-6-16-12)17-13(18)10-7-9(14)3-4-11(10)19-2/h3-8H,14H2,1-2H3,(H,15,16)(H,17,18). The van der Waals surface area contributed by atoms with Crippen LogP contribution in [0.5, 0.6) is 5.75 Å². The van der Waals surface area contributed by atoms with Crippen molar-refractivity contribution < 1.29 is 9.53 Å². The first-order valence-electron chi connectivity index (χ1n) is 5.85. The molecule has 1 heterocycles. The van der Waals surface area contributed by atoms with Crippen molar-refractivity contribution in [2.45, 2.75) is 13.0 Å². The minimum atomic E-state index is -0.256. The van der Waals surface area contributed by atoms with Gasteiger partial charge in [-0.05, 0) is 25.1 Å². The zero-order valence-electron chi connectivity index (χ0n) is 10.8. The molecule has 0 spiro atoms. The van der Waals surface area contributed by atoms with E-state index in [9.17, 15) is 4.79 Å². The van der Waals surface area contributed by atoms with Crippen LogP contribution in [-0.2, 0) is 0 Å². The van der Waals surface area contributed by atoms with Gasteiger partial charge in [0, 0.05) is 18.1 Å². The highest BCUT2D eigenvalue weighted by Crippen LogP contribution is 2.21. The molecule has 100 valence electrons. The molecule has 0 bridgehead atoms. The average molecular weight is 260 g/mol. The molecular weight excluding hydrogens is 244 g/mol. The van der Waals surface area contributed by atoms with Crippen molar-refractivity contribution in [3.05, 3.63) is 42.0 Å². The normalized spacial score (nSPS) is 11.9. The van der Waals surface area contributed by atoms with E-state index >= 15 is 0 Å². The zero-order chi connectivity index (χ0) is 13.8. The monoisotopic (exact) mass is 260 g/mol. The highest BCUT2D eigenvalue weighted by molar-refractivity contribution is 5.98. The molecule has 4 N–H and O–H groups in total. The molecule has 1 atom stereocenters. The summed E-state index contributed by atoms with van der Waals surface area (Å²) < 4.78 is 5.15. The molecule has 0 aliphatic rings. The minimum absolute atomic E-state index is 0.228. The lowest BCUT2D eigenvalue weighted by Gasteiger charge is -2.14. The second-order valence-electron chi connectivity index (χ2n) is 4.13. The molecule has 2 aromatic rings. The summed E-state index contributed by atoms with van der Waals surface area (Å²) >= 11 is 0. The molecule has 2 rings (SSSR count). The Bertz CT molecular complexity index is 566. The third kappa shape index (κ3) is 2.85. The quantitative estimate of drug-likeness (QED) is 0.726. The van der Waals surface area contributed by atoms with Gasteiger partial charge in [-0.3, -0.25) is 4.79 Å². The first-order chi connectivity index (χ1) is 9.11. The van der Waals surface area contributed by atoms with Gasteiger partial charge < -0.3 is 20.8 Å². The van der Waals surface area contributed by atoms with Gasteiger partial charge in [-0.2, -0.15) is 0 Å². The molecule has 0 aliphatic carbocycles. The average Bonchev–Trinajstić information content (AvgIpc) is 2.92. The number of anilines is 1. The molecule has 0 saturated heterocycles. The van der Waals surface area contributed by atoms with Gasteiger partial charge in [-0.1, -0.05) is 0 Å². The van der Waals surface area contributed by atoms with Gasteiger partial charge in [-0.15, -0.1) is 0 Å². The van der Waals surface area contributed by atoms with Crippen molar-refractivity contribution in [2.24, 2.45) is 0 Å². The second kappa shape index (κ2) is 5.43. The number of imidazole rings is 1. The Morgan fingerprint density at radius 3 is 2.95 bits per heavy atom. The van der Waals surface area contributed by atoms with Crippen molar-refractivity contribution in [2.75, 3.05) is 12.8 Å². The molecule has 6 nitrogen and oxygen atoms in total. The van der Waals surface area contributed by atoms with Crippen LogP contribution < -0.4 is 15.8 Å². The molecule has 6 heteroatoms. The molecule has 0 radical (unpaired) electrons. The maximum absolute atomic E-state index is 12.2. The number of H-pyrrole nitrogens is 1. The van der Waals surface area contributed by atoms with Crippen LogP contribution in [-0.4, -0.2) is 23.0 Å². The van der Waals surface area contributed by atoms with Crippen LogP contribution in [0.1, 0.15) is 29.1 Å².